The summed E-state index contributed by atoms with van der Waals surface area (Å²) in [5, 5.41) is 0. The van der Waals surface area contributed by atoms with E-state index >= 15 is 0 Å². The molecule has 0 amide bonds. The largest absolute Gasteiger partial charge is 0.463 e. The summed E-state index contributed by atoms with van der Waals surface area (Å²) in [6, 6.07) is 0. The minimum atomic E-state index is -0.438. The Bertz CT molecular complexity index is 566. The van der Waals surface area contributed by atoms with Gasteiger partial charge in [-0.1, -0.05) is 19.9 Å². The predicted molar refractivity (Wildman–Crippen MR) is 90.4 cm³/mol. The summed E-state index contributed by atoms with van der Waals surface area (Å²) in [6.07, 6.45) is 3.06. The van der Waals surface area contributed by atoms with Crippen LogP contribution in [0.3, 0.4) is 0 Å². The highest BCUT2D eigenvalue weighted by molar-refractivity contribution is 5.75. The molecule has 2 rings (SSSR count). The van der Waals surface area contributed by atoms with Gasteiger partial charge in [-0.25, -0.2) is 0 Å². The number of ether oxygens (including phenoxy) is 3. The molecule has 0 radical (unpaired) electrons. The molecule has 6 nitrogen and oxygen atoms in total. The highest BCUT2D eigenvalue weighted by atomic mass is 16.6. The standard InChI is InChI=1S/C19H28O6/c1-10-8-17-16(12(3)19(22)25-17)7-6-15(10)18(24-14(5)21)9-11(2)23-13(4)20/h6,10-12,16-18H,7-9H2,1-5H3/t10-,11?,12+,16+,17-,18?/m0/s1. The summed E-state index contributed by atoms with van der Waals surface area (Å²) in [5.74, 6) is -0.679. The van der Waals surface area contributed by atoms with Crippen LogP contribution in [0.2, 0.25) is 0 Å². The predicted octanol–water partition coefficient (Wildman–Crippen LogP) is 2.79. The molecule has 2 unspecified atom stereocenters. The lowest BCUT2D eigenvalue weighted by Gasteiger charge is -2.27. The zero-order valence-electron chi connectivity index (χ0n) is 15.6. The number of rotatable bonds is 5. The molecule has 0 saturated carbocycles. The first kappa shape index (κ1) is 19.5. The summed E-state index contributed by atoms with van der Waals surface area (Å²) in [5.41, 5.74) is 1.02. The normalized spacial score (nSPS) is 31.1. The lowest BCUT2D eigenvalue weighted by molar-refractivity contribution is -0.150. The van der Waals surface area contributed by atoms with Crippen LogP contribution in [0.4, 0.5) is 0 Å². The van der Waals surface area contributed by atoms with Crippen molar-refractivity contribution in [2.45, 2.75) is 72.2 Å². The highest BCUT2D eigenvalue weighted by Crippen LogP contribution is 2.40. The van der Waals surface area contributed by atoms with Gasteiger partial charge in [0.05, 0.1) is 5.92 Å². The summed E-state index contributed by atoms with van der Waals surface area (Å²) >= 11 is 0. The molecule has 6 heteroatoms. The number of hydrogen-bond donors (Lipinski definition) is 0. The first-order valence-corrected chi connectivity index (χ1v) is 8.93. The molecule has 0 aromatic rings. The third-order valence-corrected chi connectivity index (χ3v) is 5.13. The number of carbonyl (C=O) groups excluding carboxylic acids is 3. The molecule has 1 heterocycles. The van der Waals surface area contributed by atoms with Gasteiger partial charge < -0.3 is 14.2 Å². The van der Waals surface area contributed by atoms with E-state index in [0.29, 0.717) is 12.8 Å². The van der Waals surface area contributed by atoms with Gasteiger partial charge in [-0.3, -0.25) is 14.4 Å². The van der Waals surface area contributed by atoms with E-state index in [2.05, 4.69) is 13.0 Å². The first-order chi connectivity index (χ1) is 11.7. The van der Waals surface area contributed by atoms with Crippen molar-refractivity contribution in [3.05, 3.63) is 11.6 Å². The highest BCUT2D eigenvalue weighted by Gasteiger charge is 2.44. The van der Waals surface area contributed by atoms with Crippen molar-refractivity contribution in [1.29, 1.82) is 0 Å². The second-order valence-corrected chi connectivity index (χ2v) is 7.26. The third-order valence-electron chi connectivity index (χ3n) is 5.13. The summed E-state index contributed by atoms with van der Waals surface area (Å²) in [6.45, 7) is 8.49. The number of esters is 3. The van der Waals surface area contributed by atoms with E-state index in [-0.39, 0.29) is 47.9 Å². The molecule has 25 heavy (non-hydrogen) atoms. The molecule has 0 spiro atoms. The topological polar surface area (TPSA) is 78.9 Å². The monoisotopic (exact) mass is 352 g/mol. The molecule has 2 aliphatic rings. The Morgan fingerprint density at radius 3 is 2.48 bits per heavy atom. The lowest BCUT2D eigenvalue weighted by atomic mass is 9.87. The third kappa shape index (κ3) is 4.83. The van der Waals surface area contributed by atoms with Gasteiger partial charge in [-0.2, -0.15) is 0 Å². The maximum Gasteiger partial charge on any atom is 0.309 e. The van der Waals surface area contributed by atoms with Crippen molar-refractivity contribution in [1.82, 2.24) is 0 Å². The van der Waals surface area contributed by atoms with E-state index in [1.54, 1.807) is 6.92 Å². The Balaban J connectivity index is 2.17. The average molecular weight is 352 g/mol. The fourth-order valence-electron chi connectivity index (χ4n) is 3.91. The number of hydrogen-bond acceptors (Lipinski definition) is 6. The van der Waals surface area contributed by atoms with Crippen molar-refractivity contribution < 1.29 is 28.6 Å². The van der Waals surface area contributed by atoms with Crippen LogP contribution in [-0.2, 0) is 28.6 Å². The fraction of sp³-hybridized carbons (Fsp3) is 0.737. The number of fused-ring (bicyclic) bond motifs is 1. The zero-order chi connectivity index (χ0) is 18.7. The summed E-state index contributed by atoms with van der Waals surface area (Å²) in [7, 11) is 0. The van der Waals surface area contributed by atoms with Crippen molar-refractivity contribution >= 4 is 17.9 Å². The molecule has 140 valence electrons. The molecular weight excluding hydrogens is 324 g/mol. The lowest BCUT2D eigenvalue weighted by Crippen LogP contribution is -2.29. The van der Waals surface area contributed by atoms with E-state index in [1.165, 1.54) is 13.8 Å². The molecule has 0 bridgehead atoms. The Hall–Kier alpha value is -1.85. The van der Waals surface area contributed by atoms with Gasteiger partial charge in [0, 0.05) is 26.2 Å². The van der Waals surface area contributed by atoms with Crippen molar-refractivity contribution in [2.75, 3.05) is 0 Å². The van der Waals surface area contributed by atoms with Crippen LogP contribution in [0.1, 0.15) is 53.9 Å². The van der Waals surface area contributed by atoms with Gasteiger partial charge in [-0.15, -0.1) is 0 Å². The van der Waals surface area contributed by atoms with Gasteiger partial charge in [0.2, 0.25) is 0 Å². The Labute approximate surface area is 148 Å². The van der Waals surface area contributed by atoms with Crippen LogP contribution in [0, 0.1) is 17.8 Å². The van der Waals surface area contributed by atoms with Crippen LogP contribution in [0.5, 0.6) is 0 Å². The molecule has 1 aliphatic heterocycles. The van der Waals surface area contributed by atoms with E-state index in [1.807, 2.05) is 6.92 Å². The van der Waals surface area contributed by atoms with Crippen molar-refractivity contribution in [3.8, 4) is 0 Å². The zero-order valence-corrected chi connectivity index (χ0v) is 15.6. The first-order valence-electron chi connectivity index (χ1n) is 8.93. The minimum absolute atomic E-state index is 0.0879. The second-order valence-electron chi connectivity index (χ2n) is 7.26. The molecule has 0 aromatic heterocycles. The quantitative estimate of drug-likeness (QED) is 0.430. The Kier molecular flexibility index (Phi) is 6.25. The minimum Gasteiger partial charge on any atom is -0.463 e. The molecule has 0 N–H and O–H groups in total. The van der Waals surface area contributed by atoms with Crippen LogP contribution in [-0.4, -0.2) is 36.2 Å². The summed E-state index contributed by atoms with van der Waals surface area (Å²) < 4.78 is 16.3. The second kappa shape index (κ2) is 8.02. The fourth-order valence-corrected chi connectivity index (χ4v) is 3.91. The average Bonchev–Trinajstić information content (AvgIpc) is 2.64. The Morgan fingerprint density at radius 1 is 1.24 bits per heavy atom. The van der Waals surface area contributed by atoms with E-state index in [4.69, 9.17) is 14.2 Å². The SMILES string of the molecule is CC(=O)OC(C)CC(OC(C)=O)C1=CC[C@H]2[C@H](C[C@@H]1C)OC(=O)[C@@H]2C. The molecule has 6 atom stereocenters. The maximum absolute atomic E-state index is 11.8. The van der Waals surface area contributed by atoms with Gasteiger partial charge in [0.25, 0.3) is 0 Å². The molecule has 0 aromatic carbocycles. The van der Waals surface area contributed by atoms with E-state index in [0.717, 1.165) is 12.0 Å². The van der Waals surface area contributed by atoms with Crippen LogP contribution < -0.4 is 0 Å². The van der Waals surface area contributed by atoms with Gasteiger partial charge in [-0.05, 0) is 31.3 Å². The number of allylic oxidation sites excluding steroid dienone is 1. The molecule has 1 fully saturated rings. The number of carbonyl (C=O) groups is 3. The van der Waals surface area contributed by atoms with Gasteiger partial charge >= 0.3 is 17.9 Å². The van der Waals surface area contributed by atoms with E-state index in [9.17, 15) is 14.4 Å². The molecule has 1 aliphatic carbocycles. The van der Waals surface area contributed by atoms with Crippen molar-refractivity contribution in [2.24, 2.45) is 17.8 Å². The van der Waals surface area contributed by atoms with Crippen molar-refractivity contribution in [3.63, 3.8) is 0 Å². The smallest absolute Gasteiger partial charge is 0.309 e. The van der Waals surface area contributed by atoms with Gasteiger partial charge in [0.1, 0.15) is 18.3 Å². The van der Waals surface area contributed by atoms with E-state index < -0.39 is 6.10 Å². The maximum atomic E-state index is 11.8. The van der Waals surface area contributed by atoms with Crippen LogP contribution in [0.15, 0.2) is 11.6 Å². The molecule has 1 saturated heterocycles. The molecular formula is C19H28O6. The Morgan fingerprint density at radius 2 is 1.88 bits per heavy atom. The van der Waals surface area contributed by atoms with Crippen LogP contribution >= 0.6 is 0 Å². The van der Waals surface area contributed by atoms with Crippen LogP contribution in [0.25, 0.3) is 0 Å². The van der Waals surface area contributed by atoms with Gasteiger partial charge in [0.15, 0.2) is 0 Å². The summed E-state index contributed by atoms with van der Waals surface area (Å²) in [4.78, 5) is 34.5.